The van der Waals surface area contributed by atoms with Crippen LogP contribution in [0.25, 0.3) is 0 Å². The SMILES string of the molecule is O=C1C2=C(C(=O)c3ccccc31)C(O)(S(=O)(=O)O)C(O)(S(=O)(=O)O)C1N=CC=CC21.[Na+]. The molecule has 0 saturated carbocycles. The number of allylic oxidation sites excluding steroid dienone is 1. The summed E-state index contributed by atoms with van der Waals surface area (Å²) < 4.78 is 68.5. The first kappa shape index (κ1) is 24.1. The summed E-state index contributed by atoms with van der Waals surface area (Å²) >= 11 is 0. The molecule has 158 valence electrons. The number of aliphatic imine (C=N–C) groups is 1. The van der Waals surface area contributed by atoms with Crippen molar-refractivity contribution in [1.82, 2.24) is 0 Å². The fraction of sp³-hybridized carbons (Fsp3) is 0.235. The van der Waals surface area contributed by atoms with Crippen LogP contribution in [0.2, 0.25) is 0 Å². The number of carbonyl (C=O) groups is 2. The summed E-state index contributed by atoms with van der Waals surface area (Å²) in [7, 11) is -12.0. The van der Waals surface area contributed by atoms with E-state index >= 15 is 0 Å². The first-order chi connectivity index (χ1) is 13.8. The zero-order valence-electron chi connectivity index (χ0n) is 15.7. The minimum atomic E-state index is -6.06. The predicted octanol–water partition coefficient (Wildman–Crippen LogP) is -3.84. The first-order valence-corrected chi connectivity index (χ1v) is 11.2. The molecule has 14 heteroatoms. The van der Waals surface area contributed by atoms with Gasteiger partial charge in [-0.2, -0.15) is 16.8 Å². The number of ketones is 2. The van der Waals surface area contributed by atoms with E-state index in [9.17, 15) is 45.7 Å². The number of rotatable bonds is 2. The molecular formula is C17H13NNaO10S2+. The molecule has 3 aliphatic rings. The normalized spacial score (nSPS) is 32.1. The Kier molecular flexibility index (Phi) is 5.62. The van der Waals surface area contributed by atoms with E-state index in [0.717, 1.165) is 18.4 Å². The second-order valence-corrected chi connectivity index (χ2v) is 10.1. The van der Waals surface area contributed by atoms with Gasteiger partial charge in [0, 0.05) is 28.8 Å². The zero-order chi connectivity index (χ0) is 22.3. The van der Waals surface area contributed by atoms with Gasteiger partial charge in [0.2, 0.25) is 0 Å². The average Bonchev–Trinajstić information content (AvgIpc) is 2.67. The molecule has 11 nitrogen and oxygen atoms in total. The van der Waals surface area contributed by atoms with E-state index in [0.29, 0.717) is 0 Å². The van der Waals surface area contributed by atoms with E-state index in [2.05, 4.69) is 4.99 Å². The molecule has 0 fully saturated rings. The number of aliphatic hydroxyl groups is 2. The number of carbonyl (C=O) groups excluding carboxylic acids is 2. The summed E-state index contributed by atoms with van der Waals surface area (Å²) in [6.07, 6.45) is 3.34. The second-order valence-electron chi connectivity index (χ2n) is 6.94. The van der Waals surface area contributed by atoms with Crippen molar-refractivity contribution < 1.29 is 75.3 Å². The summed E-state index contributed by atoms with van der Waals surface area (Å²) in [5.41, 5.74) is -2.57. The quantitative estimate of drug-likeness (QED) is 0.241. The van der Waals surface area contributed by atoms with Gasteiger partial charge in [-0.25, -0.2) is 0 Å². The molecule has 1 aliphatic heterocycles. The molecule has 0 amide bonds. The molecule has 1 aromatic carbocycles. The molecule has 0 radical (unpaired) electrons. The second kappa shape index (κ2) is 7.23. The third kappa shape index (κ3) is 2.86. The summed E-state index contributed by atoms with van der Waals surface area (Å²) in [5, 5.41) is 22.0. The smallest absolute Gasteiger partial charge is 0.367 e. The molecule has 4 N–H and O–H groups in total. The van der Waals surface area contributed by atoms with Crippen LogP contribution >= 0.6 is 0 Å². The summed E-state index contributed by atoms with van der Waals surface area (Å²) in [6.45, 7) is 0. The number of benzene rings is 1. The van der Waals surface area contributed by atoms with Crippen LogP contribution in [-0.2, 0) is 20.2 Å². The van der Waals surface area contributed by atoms with E-state index in [-0.39, 0.29) is 40.7 Å². The Bertz CT molecular complexity index is 1330. The average molecular weight is 478 g/mol. The molecule has 4 atom stereocenters. The number of fused-ring (bicyclic) bond motifs is 3. The van der Waals surface area contributed by atoms with Crippen molar-refractivity contribution in [2.45, 2.75) is 15.9 Å². The Labute approximate surface area is 198 Å². The van der Waals surface area contributed by atoms with Gasteiger partial charge in [-0.1, -0.05) is 30.3 Å². The van der Waals surface area contributed by atoms with Gasteiger partial charge in [-0.15, -0.1) is 0 Å². The third-order valence-corrected chi connectivity index (χ3v) is 8.19. The van der Waals surface area contributed by atoms with Gasteiger partial charge in [0.15, 0.2) is 11.6 Å². The van der Waals surface area contributed by atoms with Crippen LogP contribution in [0.1, 0.15) is 20.7 Å². The van der Waals surface area contributed by atoms with Crippen molar-refractivity contribution >= 4 is 38.0 Å². The van der Waals surface area contributed by atoms with Crippen LogP contribution in [0.4, 0.5) is 0 Å². The number of hydrogen-bond donors (Lipinski definition) is 4. The fourth-order valence-corrected chi connectivity index (χ4v) is 6.73. The van der Waals surface area contributed by atoms with Crippen LogP contribution in [0.3, 0.4) is 0 Å². The maximum atomic E-state index is 13.2. The zero-order valence-corrected chi connectivity index (χ0v) is 19.3. The maximum absolute atomic E-state index is 13.2. The molecule has 31 heavy (non-hydrogen) atoms. The number of dihydropyridines is 1. The Hall–Kier alpha value is -1.55. The summed E-state index contributed by atoms with van der Waals surface area (Å²) in [5.74, 6) is -3.76. The minimum absolute atomic E-state index is 0. The third-order valence-electron chi connectivity index (χ3n) is 5.47. The van der Waals surface area contributed by atoms with Gasteiger partial charge < -0.3 is 10.2 Å². The Morgan fingerprint density at radius 1 is 0.903 bits per heavy atom. The van der Waals surface area contributed by atoms with Crippen LogP contribution in [0, 0.1) is 5.92 Å². The molecular weight excluding hydrogens is 465 g/mol. The topological polar surface area (TPSA) is 196 Å². The maximum Gasteiger partial charge on any atom is 1.00 e. The molecule has 4 rings (SSSR count). The Morgan fingerprint density at radius 3 is 1.97 bits per heavy atom. The fourth-order valence-electron chi connectivity index (χ4n) is 4.18. The van der Waals surface area contributed by atoms with Crippen LogP contribution < -0.4 is 29.6 Å². The number of Topliss-reactive ketones (excluding diaryl/α,β-unsaturated/α-hetero) is 2. The monoisotopic (exact) mass is 478 g/mol. The van der Waals surface area contributed by atoms with Crippen molar-refractivity contribution in [2.75, 3.05) is 0 Å². The minimum Gasteiger partial charge on any atom is -0.367 e. The van der Waals surface area contributed by atoms with E-state index in [1.165, 1.54) is 24.3 Å². The molecule has 0 bridgehead atoms. The van der Waals surface area contributed by atoms with Gasteiger partial charge in [0.25, 0.3) is 9.87 Å². The van der Waals surface area contributed by atoms with E-state index in [1.54, 1.807) is 0 Å². The molecule has 0 spiro atoms. The van der Waals surface area contributed by atoms with Crippen LogP contribution in [0.5, 0.6) is 0 Å². The van der Waals surface area contributed by atoms with Crippen molar-refractivity contribution in [3.05, 3.63) is 58.7 Å². The van der Waals surface area contributed by atoms with E-state index in [4.69, 9.17) is 0 Å². The summed E-state index contributed by atoms with van der Waals surface area (Å²) in [6, 6.07) is 2.96. The van der Waals surface area contributed by atoms with Crippen LogP contribution in [-0.4, -0.2) is 69.8 Å². The molecule has 1 heterocycles. The van der Waals surface area contributed by atoms with Crippen molar-refractivity contribution in [2.24, 2.45) is 10.9 Å². The van der Waals surface area contributed by atoms with Crippen molar-refractivity contribution in [1.29, 1.82) is 0 Å². The molecule has 2 aliphatic carbocycles. The van der Waals surface area contributed by atoms with Crippen molar-refractivity contribution in [3.8, 4) is 0 Å². The molecule has 4 unspecified atom stereocenters. The van der Waals surface area contributed by atoms with Gasteiger partial charge in [0.05, 0.1) is 5.57 Å². The van der Waals surface area contributed by atoms with E-state index in [1.807, 2.05) is 0 Å². The standard InChI is InChI=1S/C17H13NO10S2.Na/c19-13-8-4-1-2-5-9(8)14(20)12-11(13)10-6-3-7-18-15(10)17(22,30(26,27)28)16(12,21)29(23,24)25;/h1-7,10,15,21-22H,(H,23,24,25)(H,26,27,28);/q;+1. The van der Waals surface area contributed by atoms with Crippen LogP contribution in [0.15, 0.2) is 52.6 Å². The predicted molar refractivity (Wildman–Crippen MR) is 100 cm³/mol. The van der Waals surface area contributed by atoms with Gasteiger partial charge in [0.1, 0.15) is 6.04 Å². The van der Waals surface area contributed by atoms with E-state index < -0.39 is 64.8 Å². The number of hydrogen-bond acceptors (Lipinski definition) is 9. The summed E-state index contributed by atoms with van der Waals surface area (Å²) in [4.78, 5) is 21.5. The number of nitrogens with zero attached hydrogens (tertiary/aromatic N) is 1. The molecule has 0 saturated heterocycles. The van der Waals surface area contributed by atoms with Gasteiger partial charge in [-0.05, 0) is 6.08 Å². The molecule has 0 aromatic heterocycles. The van der Waals surface area contributed by atoms with Crippen molar-refractivity contribution in [3.63, 3.8) is 0 Å². The van der Waals surface area contributed by atoms with Gasteiger partial charge >= 0.3 is 49.8 Å². The largest absolute Gasteiger partial charge is 1.00 e. The molecule has 1 aromatic rings. The first-order valence-electron chi connectivity index (χ1n) is 8.30. The van der Waals surface area contributed by atoms with Gasteiger partial charge in [-0.3, -0.25) is 23.7 Å². The Morgan fingerprint density at radius 2 is 1.45 bits per heavy atom. The Balaban J connectivity index is 0.00000272.